The highest BCUT2D eigenvalue weighted by atomic mass is 35.5. The summed E-state index contributed by atoms with van der Waals surface area (Å²) < 4.78 is 0. The summed E-state index contributed by atoms with van der Waals surface area (Å²) in [5.74, 6) is 0. The fourth-order valence-electron chi connectivity index (χ4n) is 1.28. The van der Waals surface area contributed by atoms with Crippen LogP contribution in [0.5, 0.6) is 0 Å². The fourth-order valence-corrected chi connectivity index (χ4v) is 1.63. The van der Waals surface area contributed by atoms with Crippen molar-refractivity contribution in [1.29, 1.82) is 0 Å². The number of aliphatic imine (C=N–C) groups is 1. The van der Waals surface area contributed by atoms with E-state index in [1.54, 1.807) is 12.3 Å². The van der Waals surface area contributed by atoms with Crippen LogP contribution in [-0.4, -0.2) is 6.21 Å². The van der Waals surface area contributed by atoms with E-state index < -0.39 is 0 Å². The Labute approximate surface area is 104 Å². The molecular weight excluding hydrogens is 241 g/mol. The summed E-state index contributed by atoms with van der Waals surface area (Å²) in [6, 6.07) is 15.2. The molecule has 0 unspecified atom stereocenters. The van der Waals surface area contributed by atoms with Crippen LogP contribution in [0.4, 0.5) is 5.69 Å². The molecule has 1 nitrogen and oxygen atoms in total. The van der Waals surface area contributed by atoms with E-state index in [1.807, 2.05) is 42.5 Å². The monoisotopic (exact) mass is 249 g/mol. The topological polar surface area (TPSA) is 12.4 Å². The lowest BCUT2D eigenvalue weighted by atomic mass is 10.2. The number of para-hydroxylation sites is 1. The molecule has 80 valence electrons. The van der Waals surface area contributed by atoms with E-state index in [9.17, 15) is 0 Å². The van der Waals surface area contributed by atoms with Crippen molar-refractivity contribution in [1.82, 2.24) is 0 Å². The molecule has 2 rings (SSSR count). The first-order chi connectivity index (χ1) is 7.77. The van der Waals surface area contributed by atoms with Crippen molar-refractivity contribution < 1.29 is 0 Å². The smallest absolute Gasteiger partial charge is 0.0680 e. The molecule has 0 N–H and O–H groups in total. The Morgan fingerprint density at radius 2 is 1.62 bits per heavy atom. The predicted octanol–water partition coefficient (Wildman–Crippen LogP) is 4.74. The average molecular weight is 250 g/mol. The third-order valence-corrected chi connectivity index (χ3v) is 2.92. The van der Waals surface area contributed by atoms with Crippen molar-refractivity contribution >= 4 is 35.1 Å². The van der Waals surface area contributed by atoms with Crippen molar-refractivity contribution in [3.05, 3.63) is 64.1 Å². The van der Waals surface area contributed by atoms with Gasteiger partial charge in [0.2, 0.25) is 0 Å². The third kappa shape index (κ3) is 2.63. The van der Waals surface area contributed by atoms with Gasteiger partial charge in [0.25, 0.3) is 0 Å². The van der Waals surface area contributed by atoms with Crippen LogP contribution < -0.4 is 0 Å². The van der Waals surface area contributed by atoms with Gasteiger partial charge >= 0.3 is 0 Å². The number of halogens is 2. The summed E-state index contributed by atoms with van der Waals surface area (Å²) in [6.45, 7) is 0. The first-order valence-corrected chi connectivity index (χ1v) is 5.56. The van der Waals surface area contributed by atoms with Crippen LogP contribution >= 0.6 is 23.2 Å². The lowest BCUT2D eigenvalue weighted by Crippen LogP contribution is -1.82. The molecule has 0 saturated heterocycles. The quantitative estimate of drug-likeness (QED) is 0.682. The SMILES string of the molecule is Clc1cccc(C=Nc2ccccc2)c1Cl. The lowest BCUT2D eigenvalue weighted by Gasteiger charge is -1.99. The maximum absolute atomic E-state index is 6.04. The zero-order valence-corrected chi connectivity index (χ0v) is 9.91. The van der Waals surface area contributed by atoms with Crippen molar-refractivity contribution in [2.24, 2.45) is 4.99 Å². The predicted molar refractivity (Wildman–Crippen MR) is 70.2 cm³/mol. The van der Waals surface area contributed by atoms with Crippen LogP contribution in [0, 0.1) is 0 Å². The molecule has 3 heteroatoms. The Bertz CT molecular complexity index is 507. The number of hydrogen-bond donors (Lipinski definition) is 0. The molecule has 0 heterocycles. The molecule has 2 aromatic rings. The Kier molecular flexibility index (Phi) is 3.60. The molecule has 2 aromatic carbocycles. The maximum Gasteiger partial charge on any atom is 0.0680 e. The molecule has 0 saturated carbocycles. The summed E-state index contributed by atoms with van der Waals surface area (Å²) >= 11 is 11.9. The van der Waals surface area contributed by atoms with Gasteiger partial charge in [0.15, 0.2) is 0 Å². The van der Waals surface area contributed by atoms with E-state index in [0.717, 1.165) is 11.3 Å². The highest BCUT2D eigenvalue weighted by molar-refractivity contribution is 6.43. The Morgan fingerprint density at radius 1 is 0.875 bits per heavy atom. The zero-order chi connectivity index (χ0) is 11.4. The number of hydrogen-bond acceptors (Lipinski definition) is 1. The van der Waals surface area contributed by atoms with Crippen LogP contribution in [0.1, 0.15) is 5.56 Å². The molecule has 0 atom stereocenters. The summed E-state index contributed by atoms with van der Waals surface area (Å²) in [6.07, 6.45) is 1.71. The van der Waals surface area contributed by atoms with E-state index in [2.05, 4.69) is 4.99 Å². The fraction of sp³-hybridized carbons (Fsp3) is 0. The van der Waals surface area contributed by atoms with E-state index in [0.29, 0.717) is 10.0 Å². The molecular formula is C13H9Cl2N. The normalized spacial score (nSPS) is 10.9. The molecule has 0 aromatic heterocycles. The van der Waals surface area contributed by atoms with Crippen LogP contribution in [0.3, 0.4) is 0 Å². The lowest BCUT2D eigenvalue weighted by molar-refractivity contribution is 1.53. The van der Waals surface area contributed by atoms with Gasteiger partial charge in [0, 0.05) is 11.8 Å². The second-order valence-electron chi connectivity index (χ2n) is 3.24. The molecule has 0 aliphatic carbocycles. The minimum Gasteiger partial charge on any atom is -0.256 e. The molecule has 0 amide bonds. The third-order valence-electron chi connectivity index (χ3n) is 2.09. The molecule has 0 bridgehead atoms. The Morgan fingerprint density at radius 3 is 2.38 bits per heavy atom. The van der Waals surface area contributed by atoms with Crippen LogP contribution in [0.15, 0.2) is 53.5 Å². The molecule has 0 fully saturated rings. The van der Waals surface area contributed by atoms with E-state index in [4.69, 9.17) is 23.2 Å². The van der Waals surface area contributed by atoms with Crippen LogP contribution in [0.25, 0.3) is 0 Å². The minimum atomic E-state index is 0.531. The average Bonchev–Trinajstić information content (AvgIpc) is 2.32. The molecule has 0 aliphatic heterocycles. The largest absolute Gasteiger partial charge is 0.256 e. The number of benzene rings is 2. The first-order valence-electron chi connectivity index (χ1n) is 4.80. The molecule has 16 heavy (non-hydrogen) atoms. The summed E-state index contributed by atoms with van der Waals surface area (Å²) in [5, 5.41) is 1.07. The van der Waals surface area contributed by atoms with E-state index in [1.165, 1.54) is 0 Å². The number of nitrogens with zero attached hydrogens (tertiary/aromatic N) is 1. The second kappa shape index (κ2) is 5.15. The van der Waals surface area contributed by atoms with E-state index >= 15 is 0 Å². The van der Waals surface area contributed by atoms with Crippen molar-refractivity contribution in [2.75, 3.05) is 0 Å². The van der Waals surface area contributed by atoms with Gasteiger partial charge in [-0.15, -0.1) is 0 Å². The maximum atomic E-state index is 6.04. The summed E-state index contributed by atoms with van der Waals surface area (Å²) in [7, 11) is 0. The number of rotatable bonds is 2. The highest BCUT2D eigenvalue weighted by Gasteiger charge is 2.00. The van der Waals surface area contributed by atoms with Gasteiger partial charge in [-0.25, -0.2) is 0 Å². The Balaban J connectivity index is 2.28. The standard InChI is InChI=1S/C13H9Cl2N/c14-12-8-4-5-10(13(12)15)9-16-11-6-2-1-3-7-11/h1-9H. The van der Waals surface area contributed by atoms with Crippen molar-refractivity contribution in [3.8, 4) is 0 Å². The van der Waals surface area contributed by atoms with Crippen molar-refractivity contribution in [3.63, 3.8) is 0 Å². The Hall–Kier alpha value is -1.31. The first kappa shape index (κ1) is 11.2. The van der Waals surface area contributed by atoms with Gasteiger partial charge in [0.1, 0.15) is 0 Å². The summed E-state index contributed by atoms with van der Waals surface area (Å²) in [5.41, 5.74) is 1.71. The van der Waals surface area contributed by atoms with Crippen LogP contribution in [0.2, 0.25) is 10.0 Å². The van der Waals surface area contributed by atoms with Gasteiger partial charge in [-0.05, 0) is 18.2 Å². The van der Waals surface area contributed by atoms with Gasteiger partial charge in [-0.3, -0.25) is 4.99 Å². The van der Waals surface area contributed by atoms with Gasteiger partial charge in [-0.2, -0.15) is 0 Å². The molecule has 0 aliphatic rings. The minimum absolute atomic E-state index is 0.531. The van der Waals surface area contributed by atoms with E-state index in [-0.39, 0.29) is 0 Å². The second-order valence-corrected chi connectivity index (χ2v) is 4.02. The summed E-state index contributed by atoms with van der Waals surface area (Å²) in [4.78, 5) is 4.31. The van der Waals surface area contributed by atoms with Gasteiger partial charge < -0.3 is 0 Å². The van der Waals surface area contributed by atoms with Gasteiger partial charge in [0.05, 0.1) is 15.7 Å². The van der Waals surface area contributed by atoms with Crippen LogP contribution in [-0.2, 0) is 0 Å². The molecule has 0 radical (unpaired) electrons. The highest BCUT2D eigenvalue weighted by Crippen LogP contribution is 2.24. The zero-order valence-electron chi connectivity index (χ0n) is 8.40. The molecule has 0 spiro atoms. The van der Waals surface area contributed by atoms with Crippen molar-refractivity contribution in [2.45, 2.75) is 0 Å². The van der Waals surface area contributed by atoms with Gasteiger partial charge in [-0.1, -0.05) is 53.5 Å².